The molecule has 0 aromatic carbocycles. The van der Waals surface area contributed by atoms with Crippen LogP contribution in [-0.4, -0.2) is 88.9 Å². The maximum atomic E-state index is 13.3. The first-order valence-electron chi connectivity index (χ1n) is 13.3. The zero-order valence-electron chi connectivity index (χ0n) is 23.6. The van der Waals surface area contributed by atoms with E-state index in [2.05, 4.69) is 38.5 Å². The molecule has 5 amide bonds. The van der Waals surface area contributed by atoms with E-state index in [-0.39, 0.29) is 31.1 Å². The third kappa shape index (κ3) is 13.5. The van der Waals surface area contributed by atoms with E-state index in [1.54, 1.807) is 6.08 Å². The van der Waals surface area contributed by atoms with Crippen LogP contribution in [0.15, 0.2) is 36.1 Å². The maximum absolute atomic E-state index is 13.3. The van der Waals surface area contributed by atoms with Crippen molar-refractivity contribution in [1.82, 2.24) is 31.9 Å². The van der Waals surface area contributed by atoms with Gasteiger partial charge in [-0.1, -0.05) is 25.7 Å². The molecule has 16 nitrogen and oxygen atoms in total. The lowest BCUT2D eigenvalue weighted by Crippen LogP contribution is -2.57. The molecule has 1 aliphatic rings. The number of allylic oxidation sites excluding steroid dienone is 3. The lowest BCUT2D eigenvalue weighted by molar-refractivity contribution is -0.141. The Morgan fingerprint density at radius 2 is 1.60 bits per heavy atom. The van der Waals surface area contributed by atoms with E-state index < -0.39 is 72.6 Å². The molecule has 0 aromatic heterocycles. The summed E-state index contributed by atoms with van der Waals surface area (Å²) in [5.74, 6) is -6.06. The Kier molecular flexibility index (Phi) is 14.8. The lowest BCUT2D eigenvalue weighted by Gasteiger charge is -2.24. The van der Waals surface area contributed by atoms with Crippen molar-refractivity contribution in [2.24, 2.45) is 5.73 Å². The average molecular weight is 593 g/mol. The minimum absolute atomic E-state index is 0.0814. The lowest BCUT2D eigenvalue weighted by atomic mass is 10.0. The van der Waals surface area contributed by atoms with E-state index in [0.29, 0.717) is 18.4 Å². The molecule has 4 atom stereocenters. The molecule has 0 aromatic rings. The topological polar surface area (TPSA) is 265 Å². The predicted octanol–water partition coefficient (Wildman–Crippen LogP) is -1.83. The summed E-state index contributed by atoms with van der Waals surface area (Å²) in [6, 6.07) is -5.23. The molecule has 0 radical (unpaired) electrons. The van der Waals surface area contributed by atoms with E-state index >= 15 is 0 Å². The number of carbonyl (C=O) groups is 6. The van der Waals surface area contributed by atoms with Crippen molar-refractivity contribution in [2.45, 2.75) is 70.1 Å². The number of rotatable bonds is 11. The highest BCUT2D eigenvalue weighted by Crippen LogP contribution is 2.12. The Morgan fingerprint density at radius 3 is 2.19 bits per heavy atom. The summed E-state index contributed by atoms with van der Waals surface area (Å²) in [6.45, 7) is 6.15. The molecular weight excluding hydrogens is 552 g/mol. The van der Waals surface area contributed by atoms with Gasteiger partial charge < -0.3 is 47.8 Å². The van der Waals surface area contributed by atoms with Gasteiger partial charge in [0.15, 0.2) is 5.96 Å². The number of carboxylic acid groups (broad SMARTS) is 1. The molecule has 1 heterocycles. The van der Waals surface area contributed by atoms with Gasteiger partial charge in [0, 0.05) is 13.0 Å². The van der Waals surface area contributed by atoms with Crippen molar-refractivity contribution < 1.29 is 39.0 Å². The molecule has 16 heteroatoms. The zero-order valence-corrected chi connectivity index (χ0v) is 23.6. The Labute approximate surface area is 243 Å². The molecule has 0 spiro atoms. The summed E-state index contributed by atoms with van der Waals surface area (Å²) in [5.41, 5.74) is 5.76. The summed E-state index contributed by atoms with van der Waals surface area (Å²) in [5, 5.41) is 40.6. The fourth-order valence-corrected chi connectivity index (χ4v) is 3.80. The van der Waals surface area contributed by atoms with Crippen LogP contribution in [0.1, 0.15) is 46.0 Å². The number of carboxylic acids is 1. The fraction of sp³-hybridized carbons (Fsp3) is 0.500. The van der Waals surface area contributed by atoms with E-state index in [1.807, 2.05) is 6.92 Å². The summed E-state index contributed by atoms with van der Waals surface area (Å²) < 4.78 is 0. The van der Waals surface area contributed by atoms with Gasteiger partial charge in [-0.25, -0.2) is 0 Å². The van der Waals surface area contributed by atoms with Crippen LogP contribution < -0.4 is 37.6 Å². The van der Waals surface area contributed by atoms with Gasteiger partial charge in [-0.15, -0.1) is 0 Å². The van der Waals surface area contributed by atoms with E-state index in [0.717, 1.165) is 0 Å². The molecule has 0 unspecified atom stereocenters. The number of aliphatic carboxylic acids is 1. The SMILES string of the molecule is C=C(O)/C=C\C(=C/CC)C[C@@H]1NC(=O)[C@H](CC(=O)O)NC(=O)CNC(=O)[C@H](CCCNC(=N)N)NC(=O)[C@@H](C)NC1=O. The molecule has 42 heavy (non-hydrogen) atoms. The summed E-state index contributed by atoms with van der Waals surface area (Å²) in [4.78, 5) is 76.1. The number of nitrogens with one attached hydrogen (secondary N) is 7. The normalized spacial score (nSPS) is 22.9. The summed E-state index contributed by atoms with van der Waals surface area (Å²) in [6.07, 6.45) is 4.46. The smallest absolute Gasteiger partial charge is 0.305 e. The van der Waals surface area contributed by atoms with Crippen LogP contribution in [0.25, 0.3) is 0 Å². The Bertz CT molecular complexity index is 1120. The van der Waals surface area contributed by atoms with Crippen LogP contribution in [0.2, 0.25) is 0 Å². The molecule has 1 rings (SSSR count). The van der Waals surface area contributed by atoms with Crippen LogP contribution >= 0.6 is 0 Å². The number of guanidine groups is 1. The summed E-state index contributed by atoms with van der Waals surface area (Å²) >= 11 is 0. The van der Waals surface area contributed by atoms with Gasteiger partial charge in [0.2, 0.25) is 29.5 Å². The predicted molar refractivity (Wildman–Crippen MR) is 152 cm³/mol. The number of hydrogen-bond acceptors (Lipinski definition) is 8. The third-order valence-electron chi connectivity index (χ3n) is 5.85. The second-order valence-electron chi connectivity index (χ2n) is 9.49. The number of aliphatic hydroxyl groups excluding tert-OH is 1. The van der Waals surface area contributed by atoms with Gasteiger partial charge in [-0.3, -0.25) is 34.2 Å². The molecule has 1 aliphatic heterocycles. The minimum atomic E-state index is -1.59. The third-order valence-corrected chi connectivity index (χ3v) is 5.85. The van der Waals surface area contributed by atoms with Crippen molar-refractivity contribution in [3.63, 3.8) is 0 Å². The van der Waals surface area contributed by atoms with Crippen molar-refractivity contribution in [3.05, 3.63) is 36.1 Å². The monoisotopic (exact) mass is 592 g/mol. The average Bonchev–Trinajstić information content (AvgIpc) is 2.90. The second kappa shape index (κ2) is 17.7. The first-order chi connectivity index (χ1) is 19.7. The number of hydrogen-bond donors (Lipinski definition) is 10. The number of carbonyl (C=O) groups excluding carboxylic acids is 5. The van der Waals surface area contributed by atoms with Crippen molar-refractivity contribution in [2.75, 3.05) is 13.1 Å². The Balaban J connectivity index is 3.38. The van der Waals surface area contributed by atoms with Gasteiger partial charge in [0.1, 0.15) is 29.9 Å². The molecule has 1 saturated heterocycles. The van der Waals surface area contributed by atoms with Crippen LogP contribution in [0.4, 0.5) is 0 Å². The molecular formula is C26H40N8O8. The Morgan fingerprint density at radius 1 is 0.976 bits per heavy atom. The van der Waals surface area contributed by atoms with Gasteiger partial charge in [-0.05, 0) is 37.8 Å². The largest absolute Gasteiger partial charge is 0.509 e. The zero-order chi connectivity index (χ0) is 31.8. The van der Waals surface area contributed by atoms with Crippen LogP contribution in [0.3, 0.4) is 0 Å². The first-order valence-corrected chi connectivity index (χ1v) is 13.3. The van der Waals surface area contributed by atoms with Gasteiger partial charge in [0.25, 0.3) is 0 Å². The maximum Gasteiger partial charge on any atom is 0.305 e. The van der Waals surface area contributed by atoms with Crippen molar-refractivity contribution in [3.8, 4) is 0 Å². The van der Waals surface area contributed by atoms with E-state index in [1.165, 1.54) is 19.1 Å². The van der Waals surface area contributed by atoms with Gasteiger partial charge in [0.05, 0.1) is 13.0 Å². The van der Waals surface area contributed by atoms with Crippen LogP contribution in [-0.2, 0) is 28.8 Å². The molecule has 11 N–H and O–H groups in total. The van der Waals surface area contributed by atoms with Crippen LogP contribution in [0.5, 0.6) is 0 Å². The highest BCUT2D eigenvalue weighted by atomic mass is 16.4. The second-order valence-corrected chi connectivity index (χ2v) is 9.49. The number of nitrogens with two attached hydrogens (primary N) is 1. The molecule has 0 aliphatic carbocycles. The van der Waals surface area contributed by atoms with Gasteiger partial charge in [-0.2, -0.15) is 0 Å². The van der Waals surface area contributed by atoms with E-state index in [9.17, 15) is 39.0 Å². The van der Waals surface area contributed by atoms with Crippen LogP contribution in [0, 0.1) is 5.41 Å². The first kappa shape index (κ1) is 35.1. The quantitative estimate of drug-likeness (QED) is 0.0421. The van der Waals surface area contributed by atoms with E-state index in [4.69, 9.17) is 11.1 Å². The highest BCUT2D eigenvalue weighted by molar-refractivity contribution is 5.97. The molecule has 232 valence electrons. The highest BCUT2D eigenvalue weighted by Gasteiger charge is 2.32. The Hall–Kier alpha value is -4.89. The summed E-state index contributed by atoms with van der Waals surface area (Å²) in [7, 11) is 0. The van der Waals surface area contributed by atoms with Crippen molar-refractivity contribution in [1.29, 1.82) is 5.41 Å². The van der Waals surface area contributed by atoms with Crippen molar-refractivity contribution >= 4 is 41.5 Å². The fourth-order valence-electron chi connectivity index (χ4n) is 3.80. The minimum Gasteiger partial charge on any atom is -0.509 e. The molecule has 1 fully saturated rings. The van der Waals surface area contributed by atoms with Gasteiger partial charge >= 0.3 is 5.97 Å². The molecule has 0 bridgehead atoms. The number of aliphatic hydroxyl groups is 1. The number of amides is 5. The standard InChI is InChI=1S/C26H40N8O8/c1-4-6-16(9-8-14(2)35)11-18-24(41)31-15(3)22(39)33-17(7-5-10-29-26(27)28)23(40)30-13-20(36)32-19(12-21(37)38)25(42)34-18/h6,8-9,15,17-19,35H,2,4-5,7,10-13H2,1,3H3,(H,30,40)(H,31,41)(H,32,36)(H,33,39)(H,34,42)(H,37,38)(H4,27,28,29)/b9-8-,16-6+/t15-,17+,18+,19+/m1/s1. The molecule has 0 saturated carbocycles.